The standard InChI is InChI=1S/C22H17N3O2/c1-15-11-12-23-20(13-15)24-14-19-17-9-5-6-10-18(17)21(26)25(22(19)27)16-7-3-2-4-8-16/h2-14,27H,1H3. The van der Waals surface area contributed by atoms with Crippen LogP contribution < -0.4 is 5.56 Å². The van der Waals surface area contributed by atoms with E-state index in [1.165, 1.54) is 4.57 Å². The summed E-state index contributed by atoms with van der Waals surface area (Å²) in [5, 5.41) is 12.1. The largest absolute Gasteiger partial charge is 0.494 e. The Morgan fingerprint density at radius 2 is 1.70 bits per heavy atom. The van der Waals surface area contributed by atoms with Crippen LogP contribution in [0.2, 0.25) is 0 Å². The Morgan fingerprint density at radius 3 is 2.44 bits per heavy atom. The van der Waals surface area contributed by atoms with Crippen molar-refractivity contribution in [1.82, 2.24) is 9.55 Å². The monoisotopic (exact) mass is 355 g/mol. The number of benzene rings is 2. The predicted molar refractivity (Wildman–Crippen MR) is 107 cm³/mol. The number of aryl methyl sites for hydroxylation is 1. The summed E-state index contributed by atoms with van der Waals surface area (Å²) in [7, 11) is 0. The molecule has 4 aromatic rings. The molecule has 0 saturated heterocycles. The Bertz CT molecular complexity index is 1210. The van der Waals surface area contributed by atoms with Crippen LogP contribution in [0.3, 0.4) is 0 Å². The van der Waals surface area contributed by atoms with Crippen LogP contribution in [-0.2, 0) is 0 Å². The van der Waals surface area contributed by atoms with E-state index in [0.29, 0.717) is 27.8 Å². The van der Waals surface area contributed by atoms with E-state index in [1.54, 1.807) is 42.7 Å². The molecular weight excluding hydrogens is 338 g/mol. The molecule has 0 atom stereocenters. The quantitative estimate of drug-likeness (QED) is 0.561. The number of aromatic hydroxyl groups is 1. The maximum Gasteiger partial charge on any atom is 0.265 e. The van der Waals surface area contributed by atoms with Crippen LogP contribution in [0, 0.1) is 6.92 Å². The predicted octanol–water partition coefficient (Wildman–Crippen LogP) is 4.15. The highest BCUT2D eigenvalue weighted by Crippen LogP contribution is 2.26. The van der Waals surface area contributed by atoms with Crippen LogP contribution in [0.15, 0.2) is 82.7 Å². The molecule has 0 bridgehead atoms. The zero-order chi connectivity index (χ0) is 18.8. The molecule has 132 valence electrons. The van der Waals surface area contributed by atoms with Gasteiger partial charge in [0.15, 0.2) is 5.82 Å². The molecule has 0 aliphatic rings. The fourth-order valence-electron chi connectivity index (χ4n) is 3.03. The van der Waals surface area contributed by atoms with Crippen molar-refractivity contribution < 1.29 is 5.11 Å². The molecule has 2 aromatic carbocycles. The highest BCUT2D eigenvalue weighted by Gasteiger charge is 2.16. The topological polar surface area (TPSA) is 67.5 Å². The van der Waals surface area contributed by atoms with E-state index in [1.807, 2.05) is 43.3 Å². The summed E-state index contributed by atoms with van der Waals surface area (Å²) in [6.07, 6.45) is 3.24. The number of nitrogens with zero attached hydrogens (tertiary/aromatic N) is 3. The summed E-state index contributed by atoms with van der Waals surface area (Å²) in [5.74, 6) is 0.386. The summed E-state index contributed by atoms with van der Waals surface area (Å²) in [5.41, 5.74) is 1.83. The number of hydrogen-bond acceptors (Lipinski definition) is 4. The van der Waals surface area contributed by atoms with Gasteiger partial charge in [0.25, 0.3) is 5.56 Å². The molecule has 0 spiro atoms. The summed E-state index contributed by atoms with van der Waals surface area (Å²) in [6, 6.07) is 20.0. The fourth-order valence-corrected chi connectivity index (χ4v) is 3.03. The second kappa shape index (κ2) is 6.88. The van der Waals surface area contributed by atoms with E-state index in [-0.39, 0.29) is 11.4 Å². The molecule has 1 N–H and O–H groups in total. The lowest BCUT2D eigenvalue weighted by atomic mass is 10.1. The van der Waals surface area contributed by atoms with Crippen molar-refractivity contribution >= 4 is 22.8 Å². The molecule has 5 heteroatoms. The third-order valence-corrected chi connectivity index (χ3v) is 4.34. The van der Waals surface area contributed by atoms with Gasteiger partial charge in [-0.3, -0.25) is 4.79 Å². The van der Waals surface area contributed by atoms with Crippen molar-refractivity contribution in [2.24, 2.45) is 4.99 Å². The van der Waals surface area contributed by atoms with Gasteiger partial charge in [-0.25, -0.2) is 14.5 Å². The number of para-hydroxylation sites is 1. The molecule has 2 aromatic heterocycles. The maximum absolute atomic E-state index is 13.0. The van der Waals surface area contributed by atoms with Gasteiger partial charge in [0.1, 0.15) is 0 Å². The number of rotatable bonds is 3. The number of aliphatic imine (C=N–C) groups is 1. The number of aromatic nitrogens is 2. The summed E-state index contributed by atoms with van der Waals surface area (Å²) in [4.78, 5) is 21.6. The van der Waals surface area contributed by atoms with Gasteiger partial charge in [-0.15, -0.1) is 0 Å². The normalized spacial score (nSPS) is 11.3. The van der Waals surface area contributed by atoms with E-state index in [2.05, 4.69) is 9.98 Å². The maximum atomic E-state index is 13.0. The van der Waals surface area contributed by atoms with Crippen LogP contribution >= 0.6 is 0 Å². The second-order valence-corrected chi connectivity index (χ2v) is 6.21. The summed E-state index contributed by atoms with van der Waals surface area (Å²) in [6.45, 7) is 1.96. The molecule has 2 heterocycles. The first-order valence-electron chi connectivity index (χ1n) is 8.54. The number of pyridine rings is 2. The lowest BCUT2D eigenvalue weighted by molar-refractivity contribution is 0.436. The van der Waals surface area contributed by atoms with Gasteiger partial charge >= 0.3 is 0 Å². The first-order chi connectivity index (χ1) is 13.1. The molecule has 0 radical (unpaired) electrons. The van der Waals surface area contributed by atoms with E-state index < -0.39 is 0 Å². The second-order valence-electron chi connectivity index (χ2n) is 6.21. The van der Waals surface area contributed by atoms with E-state index >= 15 is 0 Å². The fraction of sp³-hybridized carbons (Fsp3) is 0.0455. The number of hydrogen-bond donors (Lipinski definition) is 1. The van der Waals surface area contributed by atoms with Crippen molar-refractivity contribution in [3.63, 3.8) is 0 Å². The molecule has 5 nitrogen and oxygen atoms in total. The molecular formula is C22H17N3O2. The SMILES string of the molecule is Cc1ccnc(N=Cc2c(O)n(-c3ccccc3)c(=O)c3ccccc23)c1. The van der Waals surface area contributed by atoms with Gasteiger partial charge in [0.05, 0.1) is 11.3 Å². The van der Waals surface area contributed by atoms with Crippen LogP contribution in [-0.4, -0.2) is 20.9 Å². The average Bonchev–Trinajstić information content (AvgIpc) is 2.69. The van der Waals surface area contributed by atoms with Gasteiger partial charge in [-0.1, -0.05) is 36.4 Å². The zero-order valence-electron chi connectivity index (χ0n) is 14.7. The molecule has 0 saturated carbocycles. The van der Waals surface area contributed by atoms with Crippen molar-refractivity contribution in [3.05, 3.63) is 94.4 Å². The molecule has 4 rings (SSSR count). The molecule has 0 fully saturated rings. The average molecular weight is 355 g/mol. The van der Waals surface area contributed by atoms with E-state index in [0.717, 1.165) is 5.56 Å². The minimum Gasteiger partial charge on any atom is -0.494 e. The van der Waals surface area contributed by atoms with Crippen molar-refractivity contribution in [3.8, 4) is 11.6 Å². The van der Waals surface area contributed by atoms with Crippen LogP contribution in [0.4, 0.5) is 5.82 Å². The molecule has 0 aliphatic carbocycles. The van der Waals surface area contributed by atoms with Crippen LogP contribution in [0.25, 0.3) is 16.5 Å². The first-order valence-corrected chi connectivity index (χ1v) is 8.54. The Balaban J connectivity index is 1.98. The first kappa shape index (κ1) is 16.7. The van der Waals surface area contributed by atoms with E-state index in [4.69, 9.17) is 0 Å². The Hall–Kier alpha value is -3.73. The van der Waals surface area contributed by atoms with Gasteiger partial charge in [0, 0.05) is 23.2 Å². The highest BCUT2D eigenvalue weighted by atomic mass is 16.3. The molecule has 0 unspecified atom stereocenters. The molecule has 0 amide bonds. The lowest BCUT2D eigenvalue weighted by Gasteiger charge is -2.13. The van der Waals surface area contributed by atoms with Gasteiger partial charge in [-0.05, 0) is 42.8 Å². The molecule has 27 heavy (non-hydrogen) atoms. The highest BCUT2D eigenvalue weighted by molar-refractivity contribution is 6.02. The summed E-state index contributed by atoms with van der Waals surface area (Å²) < 4.78 is 1.30. The Kier molecular flexibility index (Phi) is 4.26. The minimum atomic E-state index is -0.278. The zero-order valence-corrected chi connectivity index (χ0v) is 14.7. The Labute approximate surface area is 155 Å². The lowest BCUT2D eigenvalue weighted by Crippen LogP contribution is -2.20. The van der Waals surface area contributed by atoms with Gasteiger partial charge < -0.3 is 5.11 Å². The smallest absolute Gasteiger partial charge is 0.265 e. The van der Waals surface area contributed by atoms with Gasteiger partial charge in [-0.2, -0.15) is 0 Å². The van der Waals surface area contributed by atoms with E-state index in [9.17, 15) is 9.90 Å². The Morgan fingerprint density at radius 1 is 1.00 bits per heavy atom. The third-order valence-electron chi connectivity index (χ3n) is 4.34. The van der Waals surface area contributed by atoms with Crippen molar-refractivity contribution in [2.75, 3.05) is 0 Å². The third kappa shape index (κ3) is 3.11. The van der Waals surface area contributed by atoms with Gasteiger partial charge in [0.2, 0.25) is 5.88 Å². The number of fused-ring (bicyclic) bond motifs is 1. The van der Waals surface area contributed by atoms with Crippen LogP contribution in [0.1, 0.15) is 11.1 Å². The van der Waals surface area contributed by atoms with Crippen LogP contribution in [0.5, 0.6) is 5.88 Å². The minimum absolute atomic E-state index is 0.152. The van der Waals surface area contributed by atoms with Crippen molar-refractivity contribution in [1.29, 1.82) is 0 Å². The molecule has 0 aliphatic heterocycles. The van der Waals surface area contributed by atoms with Crippen molar-refractivity contribution in [2.45, 2.75) is 6.92 Å². The summed E-state index contributed by atoms with van der Waals surface area (Å²) >= 11 is 0.